The zero-order valence-corrected chi connectivity index (χ0v) is 42.2. The molecule has 3 heterocycles. The Morgan fingerprint density at radius 2 is 1.30 bits per heavy atom. The molecule has 0 amide bonds. The molecule has 0 aliphatic carbocycles. The number of fused-ring (bicyclic) bond motifs is 3. The molecule has 8 rings (SSSR count). The van der Waals surface area contributed by atoms with Crippen molar-refractivity contribution in [3.8, 4) is 33.6 Å². The van der Waals surface area contributed by atoms with E-state index in [1.165, 1.54) is 64.3 Å². The maximum atomic E-state index is 4.81. The van der Waals surface area contributed by atoms with Crippen LogP contribution in [0.4, 0.5) is 0 Å². The SMILES string of the molecule is CC(C)c1cc(-c2[c-]cccc2)ncc1[Si](C)(C)C.CC(c1ccccc1)c1ccnc(-c2[c-]ccc3c2sc2cc(-c4cc(C(C)(C)C)cc(C(C)(C)C)c4)ccc23)c1.[Ir]. The van der Waals surface area contributed by atoms with Crippen LogP contribution < -0.4 is 5.19 Å². The first-order valence-corrected chi connectivity index (χ1v) is 25.7. The first kappa shape index (κ1) is 46.0. The maximum absolute atomic E-state index is 4.81. The Bertz CT molecular complexity index is 2720. The van der Waals surface area contributed by atoms with Gasteiger partial charge in [-0.2, -0.15) is 11.3 Å². The number of thiophene rings is 1. The van der Waals surface area contributed by atoms with Crippen molar-refractivity contribution in [1.82, 2.24) is 9.97 Å². The summed E-state index contributed by atoms with van der Waals surface area (Å²) >= 11 is 1.85. The zero-order valence-electron chi connectivity index (χ0n) is 38.0. The van der Waals surface area contributed by atoms with Gasteiger partial charge in [0.25, 0.3) is 0 Å². The van der Waals surface area contributed by atoms with Crippen LogP contribution in [0.15, 0.2) is 134 Å². The molecule has 3 aromatic heterocycles. The topological polar surface area (TPSA) is 25.8 Å². The minimum absolute atomic E-state index is 0. The van der Waals surface area contributed by atoms with E-state index in [9.17, 15) is 0 Å². The van der Waals surface area contributed by atoms with Gasteiger partial charge in [0.2, 0.25) is 0 Å². The molecule has 1 radical (unpaired) electrons. The predicted molar refractivity (Wildman–Crippen MR) is 264 cm³/mol. The second-order valence-electron chi connectivity index (χ2n) is 19.7. The van der Waals surface area contributed by atoms with E-state index in [-0.39, 0.29) is 30.9 Å². The van der Waals surface area contributed by atoms with Crippen molar-refractivity contribution < 1.29 is 20.1 Å². The molecule has 1 unspecified atom stereocenters. The Kier molecular flexibility index (Phi) is 13.9. The normalized spacial score (nSPS) is 12.5. The monoisotopic (exact) mass is 1010 g/mol. The molecule has 1 atom stereocenters. The van der Waals surface area contributed by atoms with Gasteiger partial charge in [0.1, 0.15) is 0 Å². The van der Waals surface area contributed by atoms with Gasteiger partial charge in [0, 0.05) is 43.1 Å². The largest absolute Gasteiger partial charge is 0.305 e. The van der Waals surface area contributed by atoms with Crippen molar-refractivity contribution in [2.75, 3.05) is 0 Å². The molecule has 0 N–H and O–H groups in total. The van der Waals surface area contributed by atoms with Crippen LogP contribution in [-0.4, -0.2) is 18.0 Å². The Morgan fingerprint density at radius 3 is 1.92 bits per heavy atom. The Balaban J connectivity index is 0.000000262. The molecule has 5 heteroatoms. The number of hydrogen-bond donors (Lipinski definition) is 0. The standard InChI is InChI=1S/C39H38NS.C17H22NSi.Ir/c1-25(26-12-9-8-10-13-26)27-18-19-40-35(22-27)34-15-11-14-33-32-17-16-28(23-36(32)41-37(33)34)29-20-30(38(2,3)4)24-31(21-29)39(5,6)7;1-13(2)15-11-16(14-9-7-6-8-10-14)18-12-17(15)19(3,4)5;/h8-14,16-25H,1-7H3;6-9,11-13H,1-5H3;/q2*-1;. The Hall–Kier alpha value is -4.51. The van der Waals surface area contributed by atoms with E-state index in [0.29, 0.717) is 11.8 Å². The van der Waals surface area contributed by atoms with Crippen LogP contribution in [0, 0.1) is 12.1 Å². The van der Waals surface area contributed by atoms with Crippen molar-refractivity contribution in [3.63, 3.8) is 0 Å². The molecule has 5 aromatic carbocycles. The van der Waals surface area contributed by atoms with Gasteiger partial charge in [-0.3, -0.25) is 0 Å². The van der Waals surface area contributed by atoms with E-state index in [1.807, 2.05) is 35.7 Å². The summed E-state index contributed by atoms with van der Waals surface area (Å²) in [5.74, 6) is 0.830. The van der Waals surface area contributed by atoms with E-state index in [4.69, 9.17) is 4.98 Å². The van der Waals surface area contributed by atoms with Gasteiger partial charge in [-0.05, 0) is 88.9 Å². The van der Waals surface area contributed by atoms with E-state index in [0.717, 1.165) is 22.5 Å². The van der Waals surface area contributed by atoms with E-state index >= 15 is 0 Å². The van der Waals surface area contributed by atoms with E-state index in [2.05, 4.69) is 208 Å². The van der Waals surface area contributed by atoms with Gasteiger partial charge in [-0.25, -0.2) is 0 Å². The fourth-order valence-electron chi connectivity index (χ4n) is 7.83. The van der Waals surface area contributed by atoms with Crippen molar-refractivity contribution in [1.29, 1.82) is 0 Å². The maximum Gasteiger partial charge on any atom is 0.0799 e. The second kappa shape index (κ2) is 18.5. The third-order valence-electron chi connectivity index (χ3n) is 11.6. The first-order chi connectivity index (χ1) is 28.4. The number of aromatic nitrogens is 2. The second-order valence-corrected chi connectivity index (χ2v) is 25.7. The van der Waals surface area contributed by atoms with Crippen LogP contribution in [0.3, 0.4) is 0 Å². The number of rotatable bonds is 7. The summed E-state index contributed by atoms with van der Waals surface area (Å²) in [6, 6.07) is 50.5. The number of hydrogen-bond acceptors (Lipinski definition) is 3. The number of benzene rings is 5. The van der Waals surface area contributed by atoms with E-state index in [1.54, 1.807) is 0 Å². The third-order valence-corrected chi connectivity index (χ3v) is 14.8. The molecular formula is C56H60IrN2SSi-2. The summed E-state index contributed by atoms with van der Waals surface area (Å²) in [5.41, 5.74) is 13.7. The Labute approximate surface area is 384 Å². The van der Waals surface area contributed by atoms with Crippen LogP contribution in [0.2, 0.25) is 19.6 Å². The minimum atomic E-state index is -1.34. The average Bonchev–Trinajstić information content (AvgIpc) is 3.61. The molecule has 0 aliphatic rings. The van der Waals surface area contributed by atoms with Gasteiger partial charge < -0.3 is 9.97 Å². The zero-order chi connectivity index (χ0) is 43.0. The molecule has 315 valence electrons. The van der Waals surface area contributed by atoms with Crippen LogP contribution in [-0.2, 0) is 30.9 Å². The van der Waals surface area contributed by atoms with Crippen LogP contribution in [0.25, 0.3) is 53.8 Å². The molecule has 0 aliphatic heterocycles. The molecule has 0 spiro atoms. The minimum Gasteiger partial charge on any atom is -0.305 e. The average molecular weight is 1010 g/mol. The molecule has 0 saturated heterocycles. The fraction of sp³-hybridized carbons (Fsp3) is 0.286. The van der Waals surface area contributed by atoms with Gasteiger partial charge in [-0.15, -0.1) is 59.7 Å². The van der Waals surface area contributed by atoms with Gasteiger partial charge in [0.15, 0.2) is 0 Å². The molecule has 0 fully saturated rings. The molecule has 2 nitrogen and oxygen atoms in total. The summed E-state index contributed by atoms with van der Waals surface area (Å²) < 4.78 is 2.54. The molecule has 61 heavy (non-hydrogen) atoms. The molecular weight excluding hydrogens is 953 g/mol. The Morgan fingerprint density at radius 1 is 0.607 bits per heavy atom. The first-order valence-electron chi connectivity index (χ1n) is 21.4. The van der Waals surface area contributed by atoms with Crippen molar-refractivity contribution >= 4 is 44.8 Å². The van der Waals surface area contributed by atoms with Gasteiger partial charge in [-0.1, -0.05) is 166 Å². The van der Waals surface area contributed by atoms with Crippen LogP contribution >= 0.6 is 11.3 Å². The molecule has 8 aromatic rings. The predicted octanol–water partition coefficient (Wildman–Crippen LogP) is 15.5. The van der Waals surface area contributed by atoms with Crippen molar-refractivity contribution in [3.05, 3.63) is 174 Å². The number of pyridine rings is 2. The fourth-order valence-corrected chi connectivity index (χ4v) is 10.8. The van der Waals surface area contributed by atoms with Gasteiger partial charge in [0.05, 0.1) is 8.07 Å². The summed E-state index contributed by atoms with van der Waals surface area (Å²) in [6.45, 7) is 27.7. The van der Waals surface area contributed by atoms with Crippen molar-refractivity contribution in [2.45, 2.75) is 105 Å². The quantitative estimate of drug-likeness (QED) is 0.117. The summed E-state index contributed by atoms with van der Waals surface area (Å²) in [7, 11) is -1.34. The smallest absolute Gasteiger partial charge is 0.0799 e. The van der Waals surface area contributed by atoms with E-state index < -0.39 is 8.07 Å². The van der Waals surface area contributed by atoms with Gasteiger partial charge >= 0.3 is 0 Å². The summed E-state index contributed by atoms with van der Waals surface area (Å²) in [5, 5.41) is 4.04. The summed E-state index contributed by atoms with van der Waals surface area (Å²) in [6.07, 6.45) is 4.04. The molecule has 0 saturated carbocycles. The third kappa shape index (κ3) is 10.4. The van der Waals surface area contributed by atoms with Crippen LogP contribution in [0.5, 0.6) is 0 Å². The number of nitrogens with zero attached hydrogens (tertiary/aromatic N) is 2. The van der Waals surface area contributed by atoms with Crippen molar-refractivity contribution in [2.24, 2.45) is 0 Å². The summed E-state index contributed by atoms with van der Waals surface area (Å²) in [4.78, 5) is 9.47. The molecule has 0 bridgehead atoms. The van der Waals surface area contributed by atoms with Crippen LogP contribution in [0.1, 0.15) is 102 Å².